The number of fused-ring (bicyclic) bond motifs is 1. The van der Waals surface area contributed by atoms with Crippen molar-refractivity contribution in [3.8, 4) is 11.5 Å². The molecule has 0 spiro atoms. The Labute approximate surface area is 187 Å². The molecule has 3 nitrogen and oxygen atoms in total. The summed E-state index contributed by atoms with van der Waals surface area (Å²) in [6.45, 7) is 0.688. The summed E-state index contributed by atoms with van der Waals surface area (Å²) in [5.41, 5.74) is 0.369. The predicted molar refractivity (Wildman–Crippen MR) is 109 cm³/mol. The van der Waals surface area contributed by atoms with Gasteiger partial charge in [-0.25, -0.2) is 22.0 Å². The van der Waals surface area contributed by atoms with Gasteiger partial charge in [0, 0.05) is 10.5 Å². The summed E-state index contributed by atoms with van der Waals surface area (Å²) in [6.07, 6.45) is 1.56. The van der Waals surface area contributed by atoms with Crippen LogP contribution in [-0.4, -0.2) is 5.78 Å². The lowest BCUT2D eigenvalue weighted by Gasteiger charge is -2.11. The van der Waals surface area contributed by atoms with Gasteiger partial charge in [-0.3, -0.25) is 4.79 Å². The van der Waals surface area contributed by atoms with E-state index in [0.717, 1.165) is 10.0 Å². The van der Waals surface area contributed by atoms with Gasteiger partial charge in [0.2, 0.25) is 11.6 Å². The lowest BCUT2D eigenvalue weighted by atomic mass is 10.0. The Bertz CT molecular complexity index is 1260. The van der Waals surface area contributed by atoms with E-state index in [1.165, 1.54) is 12.1 Å². The summed E-state index contributed by atoms with van der Waals surface area (Å²) in [5, 5.41) is 0. The second-order valence-corrected chi connectivity index (χ2v) is 7.86. The number of rotatable bonds is 4. The summed E-state index contributed by atoms with van der Waals surface area (Å²) in [7, 11) is 0. The van der Waals surface area contributed by atoms with Crippen molar-refractivity contribution >= 4 is 27.8 Å². The molecule has 0 saturated carbocycles. The van der Waals surface area contributed by atoms with Crippen LogP contribution in [0.3, 0.4) is 0 Å². The topological polar surface area (TPSA) is 35.5 Å². The molecule has 164 valence electrons. The maximum absolute atomic E-state index is 13.9. The first-order chi connectivity index (χ1) is 15.2. The van der Waals surface area contributed by atoms with Gasteiger partial charge in [0.1, 0.15) is 18.1 Å². The predicted octanol–water partition coefficient (Wildman–Crippen LogP) is 6.65. The molecule has 0 N–H and O–H groups in total. The summed E-state index contributed by atoms with van der Waals surface area (Å²) in [6, 6.07) is 9.89. The van der Waals surface area contributed by atoms with Crippen molar-refractivity contribution in [2.24, 2.45) is 0 Å². The highest BCUT2D eigenvalue weighted by atomic mass is 79.9. The lowest BCUT2D eigenvalue weighted by molar-refractivity contribution is 0.101. The molecule has 4 rings (SSSR count). The number of hydrogen-bond acceptors (Lipinski definition) is 3. The molecule has 0 atom stereocenters. The van der Waals surface area contributed by atoms with Crippen molar-refractivity contribution in [1.82, 2.24) is 0 Å². The summed E-state index contributed by atoms with van der Waals surface area (Å²) < 4.78 is 79.4. The third-order valence-corrected chi connectivity index (χ3v) is 5.32. The number of carbonyl (C=O) groups is 1. The molecule has 0 amide bonds. The number of halogens is 6. The molecule has 1 aliphatic heterocycles. The minimum atomic E-state index is -2.24. The minimum Gasteiger partial charge on any atom is -0.489 e. The standard InChI is InChI=1S/C23H12BrF5O3/c1-10-6-13(31-9-14-18(25)20(27)22(29)21(28)19(14)26)8-15-17(10)23(30)16(32-15)7-11-2-4-12(24)5-3-11/h2-8H,9H2,1H3/b16-7-. The first-order valence-corrected chi connectivity index (χ1v) is 9.94. The number of ketones is 1. The van der Waals surface area contributed by atoms with Crippen LogP contribution in [0.2, 0.25) is 0 Å². The molecule has 0 radical (unpaired) electrons. The van der Waals surface area contributed by atoms with Crippen LogP contribution in [0.15, 0.2) is 46.6 Å². The largest absolute Gasteiger partial charge is 0.489 e. The number of hydrogen-bond donors (Lipinski definition) is 0. The van der Waals surface area contributed by atoms with Crippen LogP contribution in [0.25, 0.3) is 6.08 Å². The van der Waals surface area contributed by atoms with Crippen LogP contribution in [0.4, 0.5) is 22.0 Å². The molecule has 1 heterocycles. The molecule has 1 aliphatic rings. The van der Waals surface area contributed by atoms with E-state index in [2.05, 4.69) is 15.9 Å². The monoisotopic (exact) mass is 510 g/mol. The van der Waals surface area contributed by atoms with Gasteiger partial charge < -0.3 is 9.47 Å². The third-order valence-electron chi connectivity index (χ3n) is 4.80. The minimum absolute atomic E-state index is 0.0304. The van der Waals surface area contributed by atoms with Gasteiger partial charge in [-0.1, -0.05) is 28.1 Å². The van der Waals surface area contributed by atoms with Crippen LogP contribution in [-0.2, 0) is 6.61 Å². The van der Waals surface area contributed by atoms with E-state index in [1.54, 1.807) is 37.3 Å². The molecule has 32 heavy (non-hydrogen) atoms. The number of carbonyl (C=O) groups excluding carboxylic acids is 1. The van der Waals surface area contributed by atoms with Gasteiger partial charge >= 0.3 is 0 Å². The second-order valence-electron chi connectivity index (χ2n) is 6.94. The van der Waals surface area contributed by atoms with Gasteiger partial charge in [0.15, 0.2) is 29.0 Å². The number of benzene rings is 3. The SMILES string of the molecule is Cc1cc(OCc2c(F)c(F)c(F)c(F)c2F)cc2c1C(=O)/C(=C/c1ccc(Br)cc1)O2. The van der Waals surface area contributed by atoms with Gasteiger partial charge in [-0.15, -0.1) is 0 Å². The van der Waals surface area contributed by atoms with Crippen LogP contribution in [0.5, 0.6) is 11.5 Å². The Morgan fingerprint density at radius 2 is 1.53 bits per heavy atom. The van der Waals surface area contributed by atoms with Crippen molar-refractivity contribution in [3.63, 3.8) is 0 Å². The zero-order chi connectivity index (χ0) is 23.2. The van der Waals surface area contributed by atoms with Gasteiger partial charge in [-0.2, -0.15) is 0 Å². The molecule has 3 aromatic carbocycles. The average Bonchev–Trinajstić information content (AvgIpc) is 3.08. The van der Waals surface area contributed by atoms with Crippen LogP contribution in [0.1, 0.15) is 27.0 Å². The van der Waals surface area contributed by atoms with Crippen molar-refractivity contribution < 1.29 is 36.2 Å². The molecule has 0 aliphatic carbocycles. The molecule has 0 fully saturated rings. The Morgan fingerprint density at radius 1 is 0.938 bits per heavy atom. The molecule has 0 saturated heterocycles. The normalized spacial score (nSPS) is 14.0. The quantitative estimate of drug-likeness (QED) is 0.170. The van der Waals surface area contributed by atoms with E-state index in [9.17, 15) is 26.7 Å². The third kappa shape index (κ3) is 3.88. The van der Waals surface area contributed by atoms with E-state index in [0.29, 0.717) is 5.56 Å². The maximum atomic E-state index is 13.9. The zero-order valence-corrected chi connectivity index (χ0v) is 17.8. The van der Waals surface area contributed by atoms with E-state index < -0.39 is 41.3 Å². The maximum Gasteiger partial charge on any atom is 0.232 e. The highest BCUT2D eigenvalue weighted by Crippen LogP contribution is 2.38. The van der Waals surface area contributed by atoms with Crippen LogP contribution < -0.4 is 9.47 Å². The molecular weight excluding hydrogens is 499 g/mol. The van der Waals surface area contributed by atoms with Crippen molar-refractivity contribution in [3.05, 3.63) is 98.0 Å². The highest BCUT2D eigenvalue weighted by Gasteiger charge is 2.30. The molecule has 0 unspecified atom stereocenters. The number of aryl methyl sites for hydroxylation is 1. The Balaban J connectivity index is 1.60. The molecule has 9 heteroatoms. The van der Waals surface area contributed by atoms with E-state index >= 15 is 0 Å². The Kier molecular flexibility index (Phi) is 5.77. The molecule has 0 bridgehead atoms. The van der Waals surface area contributed by atoms with E-state index in [1.807, 2.05) is 0 Å². The van der Waals surface area contributed by atoms with Gasteiger partial charge in [-0.05, 0) is 42.3 Å². The second kappa shape index (κ2) is 8.38. The number of ether oxygens (including phenoxy) is 2. The smallest absolute Gasteiger partial charge is 0.232 e. The molecule has 3 aromatic rings. The fourth-order valence-corrected chi connectivity index (χ4v) is 3.47. The highest BCUT2D eigenvalue weighted by molar-refractivity contribution is 9.10. The summed E-state index contributed by atoms with van der Waals surface area (Å²) >= 11 is 3.32. The van der Waals surface area contributed by atoms with Crippen LogP contribution >= 0.6 is 15.9 Å². The lowest BCUT2D eigenvalue weighted by Crippen LogP contribution is -2.10. The molecule has 0 aromatic heterocycles. The van der Waals surface area contributed by atoms with E-state index in [-0.39, 0.29) is 28.6 Å². The Hall–Kier alpha value is -3.20. The van der Waals surface area contributed by atoms with Gasteiger partial charge in [0.25, 0.3) is 0 Å². The van der Waals surface area contributed by atoms with E-state index in [4.69, 9.17) is 9.47 Å². The zero-order valence-electron chi connectivity index (χ0n) is 16.2. The fourth-order valence-electron chi connectivity index (χ4n) is 3.20. The van der Waals surface area contributed by atoms with Crippen molar-refractivity contribution in [2.45, 2.75) is 13.5 Å². The summed E-state index contributed by atoms with van der Waals surface area (Å²) in [4.78, 5) is 12.7. The summed E-state index contributed by atoms with van der Waals surface area (Å²) in [5.74, 6) is -10.4. The van der Waals surface area contributed by atoms with Crippen molar-refractivity contribution in [2.75, 3.05) is 0 Å². The Morgan fingerprint density at radius 3 is 2.16 bits per heavy atom. The van der Waals surface area contributed by atoms with Crippen LogP contribution in [0, 0.1) is 36.0 Å². The number of Topliss-reactive ketones (excluding diaryl/α,β-unsaturated/α-hetero) is 1. The van der Waals surface area contributed by atoms with Crippen molar-refractivity contribution in [1.29, 1.82) is 0 Å². The first-order valence-electron chi connectivity index (χ1n) is 9.15. The molecular formula is C23H12BrF5O3. The van der Waals surface area contributed by atoms with Gasteiger partial charge in [0.05, 0.1) is 11.1 Å². The first kappa shape index (κ1) is 22.0. The average molecular weight is 511 g/mol. The fraction of sp³-hybridized carbons (Fsp3) is 0.0870. The number of allylic oxidation sites excluding steroid dienone is 1.